The normalized spacial score (nSPS) is 10.8. The van der Waals surface area contributed by atoms with E-state index in [-0.39, 0.29) is 51.7 Å². The van der Waals surface area contributed by atoms with E-state index in [1.54, 1.807) is 0 Å². The van der Waals surface area contributed by atoms with Gasteiger partial charge in [-0.25, -0.2) is 0 Å². The molecule has 0 aromatic heterocycles. The first-order valence-electron chi connectivity index (χ1n) is 11.4. The van der Waals surface area contributed by atoms with E-state index in [9.17, 15) is 0 Å². The number of unbranched alkanes of at least 4 members (excludes halogenated alkanes) is 20. The summed E-state index contributed by atoms with van der Waals surface area (Å²) in [5.41, 5.74) is 0. The van der Waals surface area contributed by atoms with Crippen LogP contribution in [0.3, 0.4) is 0 Å². The van der Waals surface area contributed by atoms with Gasteiger partial charge >= 0.3 is 48.9 Å². The van der Waals surface area contributed by atoms with Crippen LogP contribution in [0.25, 0.3) is 0 Å². The molecular formula is C23H50Ba. The van der Waals surface area contributed by atoms with E-state index in [1.165, 1.54) is 135 Å². The molecule has 0 aromatic rings. The predicted molar refractivity (Wildman–Crippen MR) is 116 cm³/mol. The molecule has 1 heteroatoms. The molecule has 0 aliphatic carbocycles. The number of hydrogen-bond donors (Lipinski definition) is 0. The van der Waals surface area contributed by atoms with Crippen molar-refractivity contribution >= 4 is 48.9 Å². The van der Waals surface area contributed by atoms with Gasteiger partial charge in [-0.2, -0.15) is 0 Å². The van der Waals surface area contributed by atoms with Crippen LogP contribution in [0.1, 0.15) is 152 Å². The largest absolute Gasteiger partial charge is 2.00 e. The molecule has 0 spiro atoms. The van der Waals surface area contributed by atoms with Crippen molar-refractivity contribution in [1.29, 1.82) is 0 Å². The second-order valence-electron chi connectivity index (χ2n) is 7.72. The van der Waals surface area contributed by atoms with E-state index in [4.69, 9.17) is 0 Å². The van der Waals surface area contributed by atoms with Gasteiger partial charge in [0.2, 0.25) is 0 Å². The molecule has 24 heavy (non-hydrogen) atoms. The Bertz CT molecular complexity index is 181. The van der Waals surface area contributed by atoms with Crippen molar-refractivity contribution in [3.8, 4) is 0 Å². The Morgan fingerprint density at radius 3 is 0.542 bits per heavy atom. The Balaban J connectivity index is -0.000000807. The van der Waals surface area contributed by atoms with E-state index >= 15 is 0 Å². The fraction of sp³-hybridized carbons (Fsp3) is 1.00. The molecule has 0 aromatic carbocycles. The molecule has 0 unspecified atom stereocenters. The van der Waals surface area contributed by atoms with Crippen molar-refractivity contribution < 1.29 is 2.85 Å². The van der Waals surface area contributed by atoms with Crippen molar-refractivity contribution in [2.45, 2.75) is 149 Å². The minimum atomic E-state index is 0. The Morgan fingerprint density at radius 2 is 0.417 bits per heavy atom. The van der Waals surface area contributed by atoms with Gasteiger partial charge in [0.15, 0.2) is 0 Å². The Hall–Kier alpha value is 1.57. The molecule has 0 saturated carbocycles. The minimum Gasteiger partial charge on any atom is -1.00 e. The molecule has 144 valence electrons. The van der Waals surface area contributed by atoms with Gasteiger partial charge in [-0.1, -0.05) is 149 Å². The van der Waals surface area contributed by atoms with Gasteiger partial charge in [0.1, 0.15) is 0 Å². The standard InChI is InChI=1S/C23H48.Ba.2H/c1-3-5-7-9-11-13-15-17-19-21-23-22-20-18-16-14-12-10-8-6-4-2;;;/h3-23H2,1-2H3;;;/q;+2;2*-1. The molecule has 0 aliphatic rings. The zero-order valence-corrected chi connectivity index (χ0v) is 22.0. The van der Waals surface area contributed by atoms with Crippen LogP contribution in [-0.4, -0.2) is 48.9 Å². The van der Waals surface area contributed by atoms with Gasteiger partial charge in [-0.15, -0.1) is 0 Å². The van der Waals surface area contributed by atoms with Crippen LogP contribution in [0.2, 0.25) is 0 Å². The Labute approximate surface area is 198 Å². The van der Waals surface area contributed by atoms with Crippen LogP contribution >= 0.6 is 0 Å². The summed E-state index contributed by atoms with van der Waals surface area (Å²) in [5, 5.41) is 0. The topological polar surface area (TPSA) is 0 Å². The van der Waals surface area contributed by atoms with Crippen molar-refractivity contribution in [3.63, 3.8) is 0 Å². The molecule has 0 saturated heterocycles. The van der Waals surface area contributed by atoms with Crippen molar-refractivity contribution in [2.75, 3.05) is 0 Å². The summed E-state index contributed by atoms with van der Waals surface area (Å²) in [6, 6.07) is 0. The quantitative estimate of drug-likeness (QED) is 0.125. The van der Waals surface area contributed by atoms with Crippen molar-refractivity contribution in [3.05, 3.63) is 0 Å². The smallest absolute Gasteiger partial charge is 1.00 e. The van der Waals surface area contributed by atoms with Gasteiger partial charge in [-0.05, 0) is 0 Å². The summed E-state index contributed by atoms with van der Waals surface area (Å²) in [6.45, 7) is 4.60. The molecule has 0 rings (SSSR count). The van der Waals surface area contributed by atoms with Crippen LogP contribution in [0.15, 0.2) is 0 Å². The predicted octanol–water partition coefficient (Wildman–Crippen LogP) is 9.06. The molecule has 0 nitrogen and oxygen atoms in total. The first-order chi connectivity index (χ1) is 11.4. The summed E-state index contributed by atoms with van der Waals surface area (Å²) in [4.78, 5) is 0. The maximum Gasteiger partial charge on any atom is 2.00 e. The van der Waals surface area contributed by atoms with Gasteiger partial charge in [0.05, 0.1) is 0 Å². The third-order valence-corrected chi connectivity index (χ3v) is 5.21. The van der Waals surface area contributed by atoms with Gasteiger partial charge in [0, 0.05) is 0 Å². The number of rotatable bonds is 20. The molecule has 0 radical (unpaired) electrons. The van der Waals surface area contributed by atoms with Crippen LogP contribution in [0.4, 0.5) is 0 Å². The molecule has 0 heterocycles. The fourth-order valence-electron chi connectivity index (χ4n) is 3.51. The van der Waals surface area contributed by atoms with Crippen LogP contribution < -0.4 is 0 Å². The van der Waals surface area contributed by atoms with Crippen LogP contribution in [0.5, 0.6) is 0 Å². The Kier molecular flexibility index (Phi) is 31.0. The molecule has 0 aliphatic heterocycles. The average molecular weight is 464 g/mol. The Morgan fingerprint density at radius 1 is 0.292 bits per heavy atom. The maximum atomic E-state index is 2.30. The monoisotopic (exact) mass is 464 g/mol. The van der Waals surface area contributed by atoms with E-state index in [1.807, 2.05) is 0 Å². The first-order valence-corrected chi connectivity index (χ1v) is 11.4. The minimum absolute atomic E-state index is 0. The van der Waals surface area contributed by atoms with Crippen LogP contribution in [-0.2, 0) is 0 Å². The average Bonchev–Trinajstić information content (AvgIpc) is 2.57. The summed E-state index contributed by atoms with van der Waals surface area (Å²) >= 11 is 0. The zero-order valence-electron chi connectivity index (χ0n) is 19.6. The third kappa shape index (κ3) is 25.8. The van der Waals surface area contributed by atoms with E-state index in [0.717, 1.165) is 0 Å². The van der Waals surface area contributed by atoms with E-state index in [2.05, 4.69) is 13.8 Å². The first kappa shape index (κ1) is 27.8. The van der Waals surface area contributed by atoms with Crippen molar-refractivity contribution in [2.24, 2.45) is 0 Å². The van der Waals surface area contributed by atoms with E-state index in [0.29, 0.717) is 0 Å². The van der Waals surface area contributed by atoms with Crippen molar-refractivity contribution in [1.82, 2.24) is 0 Å². The molecule has 0 atom stereocenters. The number of hydrogen-bond acceptors (Lipinski definition) is 0. The summed E-state index contributed by atoms with van der Waals surface area (Å²) in [6.07, 6.45) is 30.9. The molecular weight excluding hydrogens is 414 g/mol. The van der Waals surface area contributed by atoms with E-state index < -0.39 is 0 Å². The zero-order chi connectivity index (χ0) is 16.8. The van der Waals surface area contributed by atoms with Gasteiger partial charge in [0.25, 0.3) is 0 Å². The molecule has 0 fully saturated rings. The molecule has 0 N–H and O–H groups in total. The summed E-state index contributed by atoms with van der Waals surface area (Å²) in [7, 11) is 0. The third-order valence-electron chi connectivity index (χ3n) is 5.21. The second kappa shape index (κ2) is 26.8. The molecule has 0 amide bonds. The molecule has 0 bridgehead atoms. The summed E-state index contributed by atoms with van der Waals surface area (Å²) < 4.78 is 0. The van der Waals surface area contributed by atoms with Crippen LogP contribution in [0, 0.1) is 0 Å². The fourth-order valence-corrected chi connectivity index (χ4v) is 3.51. The summed E-state index contributed by atoms with van der Waals surface area (Å²) in [5.74, 6) is 0. The maximum absolute atomic E-state index is 2.30. The SMILES string of the molecule is CCCCCCCCCCCCCCCCCCCCCCC.[Ba+2].[H-].[H-]. The van der Waals surface area contributed by atoms with Gasteiger partial charge < -0.3 is 2.85 Å². The second-order valence-corrected chi connectivity index (χ2v) is 7.72. The van der Waals surface area contributed by atoms with Gasteiger partial charge in [-0.3, -0.25) is 0 Å².